The Morgan fingerprint density at radius 2 is 2.00 bits per heavy atom. The lowest BCUT2D eigenvalue weighted by Crippen LogP contribution is -1.99. The van der Waals surface area contributed by atoms with Crippen LogP contribution in [0.25, 0.3) is 11.8 Å². The number of hydrogen-bond acceptors (Lipinski definition) is 3. The number of phenols is 1. The molecule has 1 heterocycles. The van der Waals surface area contributed by atoms with Gasteiger partial charge >= 0.3 is 0 Å². The van der Waals surface area contributed by atoms with E-state index < -0.39 is 23.3 Å². The number of nitrogens with zero attached hydrogens (tertiary/aromatic N) is 2. The topological polar surface area (TPSA) is 55.1 Å². The summed E-state index contributed by atoms with van der Waals surface area (Å²) in [6, 6.07) is 6.87. The number of benzene rings is 2. The van der Waals surface area contributed by atoms with Gasteiger partial charge in [-0.3, -0.25) is 4.79 Å². The van der Waals surface area contributed by atoms with Crippen LogP contribution in [0.1, 0.15) is 34.3 Å². The summed E-state index contributed by atoms with van der Waals surface area (Å²) < 4.78 is 30.1. The predicted octanol–water partition coefficient (Wildman–Crippen LogP) is 4.24. The van der Waals surface area contributed by atoms with E-state index in [4.69, 9.17) is 0 Å². The number of rotatable bonds is 2. The molecule has 1 unspecified atom stereocenters. The van der Waals surface area contributed by atoms with Crippen LogP contribution < -0.4 is 0 Å². The van der Waals surface area contributed by atoms with Crippen LogP contribution in [-0.4, -0.2) is 20.4 Å². The highest BCUT2D eigenvalue weighted by Gasteiger charge is 2.36. The lowest BCUT2D eigenvalue weighted by molar-refractivity contribution is 0.103. The smallest absolute Gasteiger partial charge is 0.193 e. The highest BCUT2D eigenvalue weighted by molar-refractivity contribution is 6.18. The van der Waals surface area contributed by atoms with Gasteiger partial charge in [0.1, 0.15) is 17.4 Å². The zero-order chi connectivity index (χ0) is 18.4. The third kappa shape index (κ3) is 2.42. The fourth-order valence-electron chi connectivity index (χ4n) is 3.34. The normalized spacial score (nSPS) is 17.7. The number of ketones is 1. The Labute approximate surface area is 148 Å². The Morgan fingerprint density at radius 1 is 1.19 bits per heavy atom. The van der Waals surface area contributed by atoms with Gasteiger partial charge in [-0.05, 0) is 35.9 Å². The van der Waals surface area contributed by atoms with Gasteiger partial charge in [-0.15, -0.1) is 0 Å². The highest BCUT2D eigenvalue weighted by atomic mass is 19.1. The van der Waals surface area contributed by atoms with E-state index >= 15 is 0 Å². The van der Waals surface area contributed by atoms with Gasteiger partial charge in [0.25, 0.3) is 0 Å². The molecule has 130 valence electrons. The van der Waals surface area contributed by atoms with E-state index in [0.29, 0.717) is 16.8 Å². The number of halogens is 2. The van der Waals surface area contributed by atoms with Crippen LogP contribution in [0.2, 0.25) is 0 Å². The van der Waals surface area contributed by atoms with Crippen LogP contribution >= 0.6 is 0 Å². The minimum Gasteiger partial charge on any atom is -0.507 e. The zero-order valence-electron chi connectivity index (χ0n) is 13.8. The lowest BCUT2D eigenvalue weighted by Gasteiger charge is -2.08. The van der Waals surface area contributed by atoms with Crippen LogP contribution in [-0.2, 0) is 0 Å². The molecule has 0 aliphatic heterocycles. The van der Waals surface area contributed by atoms with E-state index in [-0.39, 0.29) is 16.9 Å². The van der Waals surface area contributed by atoms with E-state index in [0.717, 1.165) is 6.07 Å². The van der Waals surface area contributed by atoms with Gasteiger partial charge < -0.3 is 9.67 Å². The van der Waals surface area contributed by atoms with Gasteiger partial charge in [-0.1, -0.05) is 13.0 Å². The molecule has 0 spiro atoms. The number of aromatic nitrogens is 2. The second kappa shape index (κ2) is 5.91. The molecule has 3 aromatic rings. The zero-order valence-corrected chi connectivity index (χ0v) is 13.8. The molecule has 0 fully saturated rings. The minimum atomic E-state index is -0.538. The van der Waals surface area contributed by atoms with E-state index in [9.17, 15) is 18.7 Å². The summed E-state index contributed by atoms with van der Waals surface area (Å²) >= 11 is 0. The summed E-state index contributed by atoms with van der Waals surface area (Å²) in [5, 5.41) is 9.93. The average Bonchev–Trinajstić information content (AvgIpc) is 3.22. The highest BCUT2D eigenvalue weighted by Crippen LogP contribution is 2.43. The first-order valence-corrected chi connectivity index (χ1v) is 8.03. The Hall–Kier alpha value is -3.28. The number of aromatic hydroxyl groups is 1. The standard InChI is InChI=1S/C20H14F2N2O2/c1-11-13(20(26)19-17(25)5-3-14(21)18(11)19)8-12-2-4-16(15(22)9-12)24-7-6-23-10-24/h2-11,25H,1H3/b13-8+. The summed E-state index contributed by atoms with van der Waals surface area (Å²) in [4.78, 5) is 16.5. The summed E-state index contributed by atoms with van der Waals surface area (Å²) in [6.45, 7) is 1.69. The van der Waals surface area contributed by atoms with E-state index in [1.165, 1.54) is 24.5 Å². The molecule has 0 saturated heterocycles. The second-order valence-corrected chi connectivity index (χ2v) is 6.19. The molecule has 0 saturated carbocycles. The fourth-order valence-corrected chi connectivity index (χ4v) is 3.34. The Morgan fingerprint density at radius 3 is 2.65 bits per heavy atom. The van der Waals surface area contributed by atoms with E-state index in [1.54, 1.807) is 36.0 Å². The number of imidazole rings is 1. The Kier molecular flexibility index (Phi) is 3.68. The van der Waals surface area contributed by atoms with Crippen molar-refractivity contribution in [2.24, 2.45) is 0 Å². The number of phenolic OH excluding ortho intramolecular Hbond substituents is 1. The Bertz CT molecular complexity index is 1060. The van der Waals surface area contributed by atoms with Crippen molar-refractivity contribution in [3.05, 3.63) is 83.0 Å². The monoisotopic (exact) mass is 352 g/mol. The van der Waals surface area contributed by atoms with Crippen LogP contribution in [0, 0.1) is 11.6 Å². The SMILES string of the molecule is CC1/C(=C\c2ccc(-n3ccnc3)c(F)c2)C(=O)c2c(O)ccc(F)c21. The number of carbonyl (C=O) groups is 1. The number of carbonyl (C=O) groups excluding carboxylic acids is 1. The molecule has 4 nitrogen and oxygen atoms in total. The quantitative estimate of drug-likeness (QED) is 0.702. The lowest BCUT2D eigenvalue weighted by atomic mass is 9.97. The maximum Gasteiger partial charge on any atom is 0.193 e. The first-order chi connectivity index (χ1) is 12.5. The van der Waals surface area contributed by atoms with Crippen molar-refractivity contribution >= 4 is 11.9 Å². The molecule has 0 bridgehead atoms. The van der Waals surface area contributed by atoms with Gasteiger partial charge in [-0.2, -0.15) is 0 Å². The molecule has 0 amide bonds. The van der Waals surface area contributed by atoms with Gasteiger partial charge in [0, 0.05) is 29.4 Å². The summed E-state index contributed by atoms with van der Waals surface area (Å²) in [7, 11) is 0. The first kappa shape index (κ1) is 16.2. The van der Waals surface area contributed by atoms with Gasteiger partial charge in [-0.25, -0.2) is 13.8 Å². The Balaban J connectivity index is 1.76. The molecule has 1 N–H and O–H groups in total. The predicted molar refractivity (Wildman–Crippen MR) is 92.3 cm³/mol. The maximum absolute atomic E-state index is 14.4. The van der Waals surface area contributed by atoms with Crippen LogP contribution in [0.5, 0.6) is 5.75 Å². The van der Waals surface area contributed by atoms with E-state index in [2.05, 4.69) is 4.98 Å². The van der Waals surface area contributed by atoms with Gasteiger partial charge in [0.05, 0.1) is 17.6 Å². The van der Waals surface area contributed by atoms with Crippen molar-refractivity contribution in [2.75, 3.05) is 0 Å². The maximum atomic E-state index is 14.4. The van der Waals surface area contributed by atoms with Gasteiger partial charge in [0.15, 0.2) is 5.78 Å². The van der Waals surface area contributed by atoms with Crippen molar-refractivity contribution in [1.82, 2.24) is 9.55 Å². The summed E-state index contributed by atoms with van der Waals surface area (Å²) in [5.41, 5.74) is 1.29. The van der Waals surface area contributed by atoms with Crippen molar-refractivity contribution in [2.45, 2.75) is 12.8 Å². The molecule has 4 rings (SSSR count). The third-order valence-corrected chi connectivity index (χ3v) is 4.64. The van der Waals surface area contributed by atoms with E-state index in [1.807, 2.05) is 0 Å². The molecule has 26 heavy (non-hydrogen) atoms. The largest absolute Gasteiger partial charge is 0.507 e. The third-order valence-electron chi connectivity index (χ3n) is 4.64. The summed E-state index contributed by atoms with van der Waals surface area (Å²) in [5.74, 6) is -2.22. The molecule has 1 aliphatic rings. The molecular weight excluding hydrogens is 338 g/mol. The first-order valence-electron chi connectivity index (χ1n) is 8.03. The van der Waals surface area contributed by atoms with Crippen molar-refractivity contribution in [1.29, 1.82) is 0 Å². The van der Waals surface area contributed by atoms with Crippen LogP contribution in [0.3, 0.4) is 0 Å². The van der Waals surface area contributed by atoms with Crippen molar-refractivity contribution in [3.8, 4) is 11.4 Å². The van der Waals surface area contributed by atoms with Crippen LogP contribution in [0.15, 0.2) is 54.6 Å². The molecule has 2 aromatic carbocycles. The van der Waals surface area contributed by atoms with Crippen molar-refractivity contribution in [3.63, 3.8) is 0 Å². The molecule has 1 aliphatic carbocycles. The molecule has 6 heteroatoms. The number of Topliss-reactive ketones (excluding diaryl/α,β-unsaturated/α-hetero) is 1. The number of fused-ring (bicyclic) bond motifs is 1. The second-order valence-electron chi connectivity index (χ2n) is 6.19. The minimum absolute atomic E-state index is 0.0146. The van der Waals surface area contributed by atoms with Crippen molar-refractivity contribution < 1.29 is 18.7 Å². The number of hydrogen-bond donors (Lipinski definition) is 1. The number of allylic oxidation sites excluding steroid dienone is 1. The van der Waals surface area contributed by atoms with Gasteiger partial charge in [0.2, 0.25) is 0 Å². The summed E-state index contributed by atoms with van der Waals surface area (Å²) in [6.07, 6.45) is 6.20. The molecule has 0 radical (unpaired) electrons. The molecular formula is C20H14F2N2O2. The average molecular weight is 352 g/mol. The fraction of sp³-hybridized carbons (Fsp3) is 0.100. The molecule has 1 aromatic heterocycles. The van der Waals surface area contributed by atoms with Crippen LogP contribution in [0.4, 0.5) is 8.78 Å². The molecule has 1 atom stereocenters.